The minimum absolute atomic E-state index is 0.00213. The normalized spacial score (nSPS) is 16.8. The van der Waals surface area contributed by atoms with Gasteiger partial charge in [-0.1, -0.05) is 40.2 Å². The fraction of sp³-hybridized carbons (Fsp3) is 0.235. The third-order valence-corrected chi connectivity index (χ3v) is 4.75. The molecule has 2 nitrogen and oxygen atoms in total. The van der Waals surface area contributed by atoms with Crippen LogP contribution in [0.15, 0.2) is 46.9 Å². The number of carbonyl (C=O) groups is 1. The average molecular weight is 330 g/mol. The molecule has 1 atom stereocenters. The summed E-state index contributed by atoms with van der Waals surface area (Å²) in [5.74, 6) is 0.00213. The van der Waals surface area contributed by atoms with Crippen LogP contribution in [0.25, 0.3) is 0 Å². The number of hydrogen-bond acceptors (Lipinski definition) is 1. The first kappa shape index (κ1) is 13.4. The van der Waals surface area contributed by atoms with Gasteiger partial charge in [0.2, 0.25) is 0 Å². The Morgan fingerprint density at radius 1 is 1.25 bits per heavy atom. The van der Waals surface area contributed by atoms with E-state index in [0.29, 0.717) is 0 Å². The predicted molar refractivity (Wildman–Crippen MR) is 83.8 cm³/mol. The molecule has 0 aromatic heterocycles. The second-order valence-corrected chi connectivity index (χ2v) is 6.08. The number of carbonyl (C=O) groups excluding carboxylic acids is 1. The number of amides is 1. The summed E-state index contributed by atoms with van der Waals surface area (Å²) in [6, 6.07) is 14.2. The summed E-state index contributed by atoms with van der Waals surface area (Å²) in [7, 11) is 0. The molecule has 1 amide bonds. The predicted octanol–water partition coefficient (Wildman–Crippen LogP) is 4.17. The highest BCUT2D eigenvalue weighted by Crippen LogP contribution is 2.31. The monoisotopic (exact) mass is 329 g/mol. The minimum atomic E-state index is 0.00213. The third-order valence-electron chi connectivity index (χ3n) is 3.86. The largest absolute Gasteiger partial charge is 0.345 e. The van der Waals surface area contributed by atoms with Crippen molar-refractivity contribution in [3.63, 3.8) is 0 Å². The van der Waals surface area contributed by atoms with Crippen LogP contribution in [0.4, 0.5) is 0 Å². The molecule has 1 aliphatic carbocycles. The lowest BCUT2D eigenvalue weighted by molar-refractivity contribution is 0.0936. The van der Waals surface area contributed by atoms with Crippen LogP contribution in [-0.4, -0.2) is 5.91 Å². The quantitative estimate of drug-likeness (QED) is 0.880. The molecule has 2 aromatic carbocycles. The summed E-state index contributed by atoms with van der Waals surface area (Å²) in [5, 5.41) is 3.14. The molecular formula is C17H16BrNO. The van der Waals surface area contributed by atoms with E-state index in [0.717, 1.165) is 28.4 Å². The number of fused-ring (bicyclic) bond motifs is 1. The van der Waals surface area contributed by atoms with E-state index in [-0.39, 0.29) is 11.9 Å². The van der Waals surface area contributed by atoms with Gasteiger partial charge in [0.25, 0.3) is 5.91 Å². The maximum absolute atomic E-state index is 12.3. The van der Waals surface area contributed by atoms with Gasteiger partial charge in [-0.15, -0.1) is 0 Å². The zero-order valence-electron chi connectivity index (χ0n) is 11.3. The second kappa shape index (κ2) is 5.41. The molecule has 0 saturated heterocycles. The highest BCUT2D eigenvalue weighted by atomic mass is 79.9. The molecule has 0 saturated carbocycles. The zero-order chi connectivity index (χ0) is 14.1. The molecule has 20 heavy (non-hydrogen) atoms. The molecule has 0 heterocycles. The van der Waals surface area contributed by atoms with Gasteiger partial charge in [0.05, 0.1) is 6.04 Å². The fourth-order valence-corrected chi connectivity index (χ4v) is 2.98. The molecule has 102 valence electrons. The van der Waals surface area contributed by atoms with Crippen molar-refractivity contribution in [2.75, 3.05) is 0 Å². The maximum Gasteiger partial charge on any atom is 0.251 e. The standard InChI is InChI=1S/C17H16BrNO/c1-11-10-13(6-8-15(11)18)17(20)19-16-9-7-12-4-2-3-5-14(12)16/h2-6,8,10,16H,7,9H2,1H3,(H,19,20). The van der Waals surface area contributed by atoms with Gasteiger partial charge in [-0.3, -0.25) is 4.79 Å². The molecule has 2 aromatic rings. The van der Waals surface area contributed by atoms with Crippen molar-refractivity contribution in [2.24, 2.45) is 0 Å². The summed E-state index contributed by atoms with van der Waals surface area (Å²) < 4.78 is 1.03. The summed E-state index contributed by atoms with van der Waals surface area (Å²) >= 11 is 3.46. The molecule has 0 spiro atoms. The van der Waals surface area contributed by atoms with Crippen molar-refractivity contribution in [3.8, 4) is 0 Å². The van der Waals surface area contributed by atoms with E-state index in [1.165, 1.54) is 11.1 Å². The van der Waals surface area contributed by atoms with Crippen LogP contribution < -0.4 is 5.32 Å². The molecule has 0 radical (unpaired) electrons. The molecule has 3 rings (SSSR count). The number of hydrogen-bond donors (Lipinski definition) is 1. The Balaban J connectivity index is 1.79. The van der Waals surface area contributed by atoms with E-state index in [2.05, 4.69) is 39.4 Å². The molecular weight excluding hydrogens is 314 g/mol. The molecule has 1 unspecified atom stereocenters. The Labute approximate surface area is 127 Å². The van der Waals surface area contributed by atoms with Crippen LogP contribution in [0.1, 0.15) is 39.5 Å². The number of rotatable bonds is 2. The highest BCUT2D eigenvalue weighted by Gasteiger charge is 2.23. The Kier molecular flexibility index (Phi) is 3.62. The van der Waals surface area contributed by atoms with Crippen LogP contribution in [0.5, 0.6) is 0 Å². The Morgan fingerprint density at radius 2 is 2.05 bits per heavy atom. The van der Waals surface area contributed by atoms with Crippen molar-refractivity contribution in [2.45, 2.75) is 25.8 Å². The number of benzene rings is 2. The van der Waals surface area contributed by atoms with Gasteiger partial charge >= 0.3 is 0 Å². The average Bonchev–Trinajstić information content (AvgIpc) is 2.85. The van der Waals surface area contributed by atoms with E-state index in [4.69, 9.17) is 0 Å². The minimum Gasteiger partial charge on any atom is -0.345 e. The van der Waals surface area contributed by atoms with Crippen molar-refractivity contribution >= 4 is 21.8 Å². The lowest BCUT2D eigenvalue weighted by Crippen LogP contribution is -2.27. The Hall–Kier alpha value is -1.61. The van der Waals surface area contributed by atoms with Gasteiger partial charge in [0, 0.05) is 10.0 Å². The number of aryl methyl sites for hydroxylation is 2. The van der Waals surface area contributed by atoms with E-state index in [9.17, 15) is 4.79 Å². The molecule has 1 N–H and O–H groups in total. The van der Waals surface area contributed by atoms with E-state index < -0.39 is 0 Å². The topological polar surface area (TPSA) is 29.1 Å². The van der Waals surface area contributed by atoms with E-state index in [1.54, 1.807) is 0 Å². The van der Waals surface area contributed by atoms with Gasteiger partial charge < -0.3 is 5.32 Å². The van der Waals surface area contributed by atoms with Crippen molar-refractivity contribution in [1.29, 1.82) is 0 Å². The number of nitrogens with one attached hydrogen (secondary N) is 1. The summed E-state index contributed by atoms with van der Waals surface area (Å²) in [6.45, 7) is 1.99. The molecule has 0 fully saturated rings. The van der Waals surface area contributed by atoms with Gasteiger partial charge in [0.1, 0.15) is 0 Å². The van der Waals surface area contributed by atoms with Crippen LogP contribution >= 0.6 is 15.9 Å². The number of halogens is 1. The first-order valence-electron chi connectivity index (χ1n) is 6.80. The second-order valence-electron chi connectivity index (χ2n) is 5.23. The van der Waals surface area contributed by atoms with E-state index in [1.807, 2.05) is 31.2 Å². The lowest BCUT2D eigenvalue weighted by Gasteiger charge is -2.14. The van der Waals surface area contributed by atoms with Gasteiger partial charge in [-0.2, -0.15) is 0 Å². The van der Waals surface area contributed by atoms with Crippen molar-refractivity contribution in [1.82, 2.24) is 5.32 Å². The SMILES string of the molecule is Cc1cc(C(=O)NC2CCc3ccccc32)ccc1Br. The Morgan fingerprint density at radius 3 is 2.85 bits per heavy atom. The first-order valence-corrected chi connectivity index (χ1v) is 7.59. The van der Waals surface area contributed by atoms with Crippen LogP contribution in [0, 0.1) is 6.92 Å². The van der Waals surface area contributed by atoms with Crippen molar-refractivity contribution in [3.05, 3.63) is 69.2 Å². The van der Waals surface area contributed by atoms with Gasteiger partial charge in [-0.25, -0.2) is 0 Å². The third kappa shape index (κ3) is 2.50. The van der Waals surface area contributed by atoms with Crippen molar-refractivity contribution < 1.29 is 4.79 Å². The van der Waals surface area contributed by atoms with Crippen LogP contribution in [-0.2, 0) is 6.42 Å². The first-order chi connectivity index (χ1) is 9.65. The highest BCUT2D eigenvalue weighted by molar-refractivity contribution is 9.10. The van der Waals surface area contributed by atoms with Crippen LogP contribution in [0.2, 0.25) is 0 Å². The molecule has 0 bridgehead atoms. The lowest BCUT2D eigenvalue weighted by atomic mass is 10.1. The fourth-order valence-electron chi connectivity index (χ4n) is 2.73. The summed E-state index contributed by atoms with van der Waals surface area (Å²) in [6.07, 6.45) is 2.03. The smallest absolute Gasteiger partial charge is 0.251 e. The molecule has 1 aliphatic rings. The Bertz CT molecular complexity index is 666. The molecule has 3 heteroatoms. The summed E-state index contributed by atoms with van der Waals surface area (Å²) in [4.78, 5) is 12.3. The summed E-state index contributed by atoms with van der Waals surface area (Å²) in [5.41, 5.74) is 4.40. The van der Waals surface area contributed by atoms with E-state index >= 15 is 0 Å². The zero-order valence-corrected chi connectivity index (χ0v) is 12.9. The van der Waals surface area contributed by atoms with Crippen LogP contribution in [0.3, 0.4) is 0 Å². The molecule has 0 aliphatic heterocycles. The van der Waals surface area contributed by atoms with Gasteiger partial charge in [0.15, 0.2) is 0 Å². The van der Waals surface area contributed by atoms with Gasteiger partial charge in [-0.05, 0) is 54.7 Å². The maximum atomic E-state index is 12.3.